The van der Waals surface area contributed by atoms with E-state index in [-0.39, 0.29) is 35.7 Å². The van der Waals surface area contributed by atoms with Gasteiger partial charge in [-0.1, -0.05) is 45.9 Å². The van der Waals surface area contributed by atoms with Crippen LogP contribution in [-0.4, -0.2) is 48.4 Å². The molecule has 0 spiro atoms. The van der Waals surface area contributed by atoms with E-state index in [1.165, 1.54) is 18.2 Å². The lowest BCUT2D eigenvalue weighted by atomic mass is 9.88. The number of Topliss-reactive ketones (excluding diaryl/α,β-unsaturated/α-hetero) is 1. The summed E-state index contributed by atoms with van der Waals surface area (Å²) in [7, 11) is 0. The smallest absolute Gasteiger partial charge is 0.158 e. The quantitative estimate of drug-likeness (QED) is 0.191. The van der Waals surface area contributed by atoms with Gasteiger partial charge in [-0.2, -0.15) is 0 Å². The van der Waals surface area contributed by atoms with Crippen molar-refractivity contribution < 1.29 is 23.5 Å². The average Bonchev–Trinajstić information content (AvgIpc) is 2.89. The van der Waals surface area contributed by atoms with E-state index < -0.39 is 5.82 Å². The summed E-state index contributed by atoms with van der Waals surface area (Å²) in [4.78, 5) is 24.4. The molecule has 2 atom stereocenters. The molecule has 1 saturated carbocycles. The number of nitrogens with one attached hydrogen (secondary N) is 2. The number of ether oxygens (including phenoxy) is 2. The van der Waals surface area contributed by atoms with E-state index >= 15 is 0 Å². The van der Waals surface area contributed by atoms with Crippen LogP contribution in [0.1, 0.15) is 84.8 Å². The summed E-state index contributed by atoms with van der Waals surface area (Å²) in [5.41, 5.74) is 1.60. The first-order valence-electron chi connectivity index (χ1n) is 15.4. The van der Waals surface area contributed by atoms with Crippen LogP contribution in [0.5, 0.6) is 11.5 Å². The second-order valence-electron chi connectivity index (χ2n) is 12.3. The SMILES string of the molecule is CC(C)NC1CC(Oc2ccc(CC(=O)CCCC(C)NCC(C)Oc3cc(F)cc(/C=C/C(=O)C(C)C)c3)cc2)C1. The summed E-state index contributed by atoms with van der Waals surface area (Å²) in [6.45, 7) is 12.6. The minimum Gasteiger partial charge on any atom is -0.490 e. The summed E-state index contributed by atoms with van der Waals surface area (Å²) in [6.07, 6.45) is 7.91. The Bertz CT molecular complexity index is 1170. The molecule has 230 valence electrons. The number of carbonyl (C=O) groups is 2. The first-order chi connectivity index (χ1) is 20.0. The van der Waals surface area contributed by atoms with Gasteiger partial charge in [-0.05, 0) is 81.0 Å². The van der Waals surface area contributed by atoms with Crippen LogP contribution < -0.4 is 20.1 Å². The van der Waals surface area contributed by atoms with Crippen LogP contribution in [0.4, 0.5) is 4.39 Å². The monoisotopic (exact) mass is 580 g/mol. The minimum absolute atomic E-state index is 0.00776. The van der Waals surface area contributed by atoms with Crippen LogP contribution in [0, 0.1) is 11.7 Å². The predicted octanol–water partition coefficient (Wildman–Crippen LogP) is 6.70. The Morgan fingerprint density at radius 2 is 1.71 bits per heavy atom. The van der Waals surface area contributed by atoms with Gasteiger partial charge in [-0.3, -0.25) is 9.59 Å². The lowest BCUT2D eigenvalue weighted by Crippen LogP contribution is -2.49. The highest BCUT2D eigenvalue weighted by Gasteiger charge is 2.30. The van der Waals surface area contributed by atoms with Crippen LogP contribution in [0.3, 0.4) is 0 Å². The first-order valence-corrected chi connectivity index (χ1v) is 15.4. The first kappa shape index (κ1) is 33.5. The Kier molecular flexibility index (Phi) is 13.2. The number of carbonyl (C=O) groups excluding carboxylic acids is 2. The number of allylic oxidation sites excluding steroid dienone is 1. The highest BCUT2D eigenvalue weighted by Crippen LogP contribution is 2.27. The molecule has 2 aromatic rings. The van der Waals surface area contributed by atoms with E-state index in [4.69, 9.17) is 9.47 Å². The van der Waals surface area contributed by atoms with Gasteiger partial charge >= 0.3 is 0 Å². The predicted molar refractivity (Wildman–Crippen MR) is 168 cm³/mol. The van der Waals surface area contributed by atoms with Crippen molar-refractivity contribution in [1.82, 2.24) is 10.6 Å². The van der Waals surface area contributed by atoms with E-state index in [9.17, 15) is 14.0 Å². The Morgan fingerprint density at radius 3 is 2.38 bits per heavy atom. The fourth-order valence-electron chi connectivity index (χ4n) is 4.93. The Hall–Kier alpha value is -3.03. The number of hydrogen-bond acceptors (Lipinski definition) is 6. The van der Waals surface area contributed by atoms with E-state index in [1.54, 1.807) is 12.1 Å². The van der Waals surface area contributed by atoms with Gasteiger partial charge in [0.05, 0.1) is 0 Å². The van der Waals surface area contributed by atoms with Gasteiger partial charge in [0.25, 0.3) is 0 Å². The van der Waals surface area contributed by atoms with Crippen molar-refractivity contribution in [2.45, 2.75) is 110 Å². The highest BCUT2D eigenvalue weighted by molar-refractivity contribution is 5.94. The maximum atomic E-state index is 14.1. The molecule has 3 rings (SSSR count). The zero-order valence-electron chi connectivity index (χ0n) is 26.1. The molecule has 0 bridgehead atoms. The zero-order chi connectivity index (χ0) is 30.6. The van der Waals surface area contributed by atoms with Crippen LogP contribution in [0.15, 0.2) is 48.5 Å². The highest BCUT2D eigenvalue weighted by atomic mass is 19.1. The molecular formula is C35H49FN2O4. The Labute approximate surface area is 251 Å². The molecule has 1 aliphatic carbocycles. The van der Waals surface area contributed by atoms with E-state index in [1.807, 2.05) is 45.0 Å². The van der Waals surface area contributed by atoms with Gasteiger partial charge in [0, 0.05) is 49.5 Å². The molecule has 2 unspecified atom stereocenters. The van der Waals surface area contributed by atoms with E-state index in [2.05, 4.69) is 31.4 Å². The third-order valence-corrected chi connectivity index (χ3v) is 7.38. The van der Waals surface area contributed by atoms with Gasteiger partial charge < -0.3 is 20.1 Å². The van der Waals surface area contributed by atoms with Crippen molar-refractivity contribution in [3.8, 4) is 11.5 Å². The normalized spacial score (nSPS) is 18.2. The zero-order valence-corrected chi connectivity index (χ0v) is 26.1. The standard InChI is InChI=1S/C35H49FN2O4/c1-23(2)35(40)15-12-28-16-29(36)19-33(18-28)41-26(6)22-37-25(5)8-7-9-31(39)17-27-10-13-32(14-11-27)42-34-20-30(21-34)38-24(3)4/h10-16,18-19,23-26,30,34,37-38H,7-9,17,20-22H2,1-6H3/b15-12+. The van der Waals surface area contributed by atoms with E-state index in [0.29, 0.717) is 42.8 Å². The van der Waals surface area contributed by atoms with Crippen LogP contribution in [0.25, 0.3) is 6.08 Å². The molecule has 1 aliphatic rings. The van der Waals surface area contributed by atoms with E-state index in [0.717, 1.165) is 37.0 Å². The molecule has 0 radical (unpaired) electrons. The van der Waals surface area contributed by atoms with Gasteiger partial charge in [0.1, 0.15) is 35.3 Å². The molecule has 42 heavy (non-hydrogen) atoms. The molecule has 7 heteroatoms. The van der Waals surface area contributed by atoms with Crippen LogP contribution in [0.2, 0.25) is 0 Å². The third-order valence-electron chi connectivity index (χ3n) is 7.38. The van der Waals surface area contributed by atoms with Crippen molar-refractivity contribution in [2.24, 2.45) is 5.92 Å². The molecule has 6 nitrogen and oxygen atoms in total. The molecule has 2 aromatic carbocycles. The van der Waals surface area contributed by atoms with Gasteiger partial charge in [-0.25, -0.2) is 4.39 Å². The average molecular weight is 581 g/mol. The molecule has 1 fully saturated rings. The lowest BCUT2D eigenvalue weighted by Gasteiger charge is -2.37. The second kappa shape index (κ2) is 16.6. The largest absolute Gasteiger partial charge is 0.490 e. The number of benzene rings is 2. The molecule has 0 aliphatic heterocycles. The van der Waals surface area contributed by atoms with Crippen molar-refractivity contribution in [3.05, 3.63) is 65.5 Å². The maximum absolute atomic E-state index is 14.1. The fourth-order valence-corrected chi connectivity index (χ4v) is 4.93. The van der Waals surface area contributed by atoms with Crippen molar-refractivity contribution >= 4 is 17.6 Å². The Morgan fingerprint density at radius 1 is 1.00 bits per heavy atom. The van der Waals surface area contributed by atoms with Crippen molar-refractivity contribution in [2.75, 3.05) is 6.54 Å². The topological polar surface area (TPSA) is 76.7 Å². The molecule has 0 heterocycles. The number of rotatable bonds is 18. The molecular weight excluding hydrogens is 531 g/mol. The molecule has 2 N–H and O–H groups in total. The number of halogens is 1. The fraction of sp³-hybridized carbons (Fsp3) is 0.543. The summed E-state index contributed by atoms with van der Waals surface area (Å²) >= 11 is 0. The van der Waals surface area contributed by atoms with Crippen LogP contribution >= 0.6 is 0 Å². The van der Waals surface area contributed by atoms with Gasteiger partial charge in [-0.15, -0.1) is 0 Å². The van der Waals surface area contributed by atoms with Crippen molar-refractivity contribution in [1.29, 1.82) is 0 Å². The van der Waals surface area contributed by atoms with Crippen molar-refractivity contribution in [3.63, 3.8) is 0 Å². The van der Waals surface area contributed by atoms with Crippen LogP contribution in [-0.2, 0) is 16.0 Å². The molecule has 0 aromatic heterocycles. The number of ketones is 2. The summed E-state index contributed by atoms with van der Waals surface area (Å²) in [6, 6.07) is 13.6. The maximum Gasteiger partial charge on any atom is 0.158 e. The molecule has 0 amide bonds. The molecule has 0 saturated heterocycles. The van der Waals surface area contributed by atoms with Gasteiger partial charge in [0.15, 0.2) is 5.78 Å². The minimum atomic E-state index is -0.409. The summed E-state index contributed by atoms with van der Waals surface area (Å²) in [5, 5.41) is 6.98. The Balaban J connectivity index is 1.31. The summed E-state index contributed by atoms with van der Waals surface area (Å²) in [5.74, 6) is 1.01. The number of hydrogen-bond donors (Lipinski definition) is 2. The second-order valence-corrected chi connectivity index (χ2v) is 12.3. The third kappa shape index (κ3) is 12.1. The van der Waals surface area contributed by atoms with Gasteiger partial charge in [0.2, 0.25) is 0 Å². The summed E-state index contributed by atoms with van der Waals surface area (Å²) < 4.78 is 26.1. The lowest BCUT2D eigenvalue weighted by molar-refractivity contribution is -0.118.